The molecule has 0 spiro atoms. The highest BCUT2D eigenvalue weighted by Gasteiger charge is 2.34. The van der Waals surface area contributed by atoms with E-state index in [1.807, 2.05) is 17.2 Å². The van der Waals surface area contributed by atoms with Crippen molar-refractivity contribution in [1.82, 2.24) is 15.1 Å². The van der Waals surface area contributed by atoms with Gasteiger partial charge in [0.25, 0.3) is 5.91 Å². The van der Waals surface area contributed by atoms with Crippen LogP contribution in [0.25, 0.3) is 0 Å². The van der Waals surface area contributed by atoms with E-state index >= 15 is 0 Å². The van der Waals surface area contributed by atoms with E-state index in [9.17, 15) is 18.0 Å². The van der Waals surface area contributed by atoms with Crippen molar-refractivity contribution in [1.29, 1.82) is 0 Å². The lowest BCUT2D eigenvalue weighted by molar-refractivity contribution is -0.138. The molecule has 230 valence electrons. The van der Waals surface area contributed by atoms with Crippen LogP contribution in [0.15, 0.2) is 46.8 Å². The van der Waals surface area contributed by atoms with Gasteiger partial charge >= 0.3 is 6.18 Å². The molecule has 1 unspecified atom stereocenters. The lowest BCUT2D eigenvalue weighted by Gasteiger charge is -2.34. The number of rotatable bonds is 7. The van der Waals surface area contributed by atoms with E-state index in [4.69, 9.17) is 0 Å². The van der Waals surface area contributed by atoms with Gasteiger partial charge in [-0.3, -0.25) is 20.0 Å². The summed E-state index contributed by atoms with van der Waals surface area (Å²) >= 11 is 1.60. The third-order valence-electron chi connectivity index (χ3n) is 8.28. The summed E-state index contributed by atoms with van der Waals surface area (Å²) in [4.78, 5) is 23.1. The average molecular weight is 621 g/mol. The monoisotopic (exact) mass is 620 g/mol. The molecule has 3 aromatic rings. The largest absolute Gasteiger partial charge is 0.416 e. The van der Waals surface area contributed by atoms with Gasteiger partial charge in [0.1, 0.15) is 6.17 Å². The molecular weight excluding hydrogens is 585 g/mol. The minimum atomic E-state index is -4.54. The Morgan fingerprint density at radius 1 is 1.07 bits per heavy atom. The second-order valence-corrected chi connectivity index (χ2v) is 12.4. The zero-order chi connectivity index (χ0) is 30.8. The summed E-state index contributed by atoms with van der Waals surface area (Å²) < 4.78 is 42.2. The van der Waals surface area contributed by atoms with E-state index in [2.05, 4.69) is 44.6 Å². The fraction of sp³-hybridized carbons (Fsp3) is 0.394. The molecule has 11 heteroatoms. The van der Waals surface area contributed by atoms with Gasteiger partial charge in [-0.1, -0.05) is 30.9 Å². The Kier molecular flexibility index (Phi) is 8.78. The van der Waals surface area contributed by atoms with Gasteiger partial charge in [0, 0.05) is 61.0 Å². The number of anilines is 2. The molecule has 1 saturated carbocycles. The van der Waals surface area contributed by atoms with Crippen molar-refractivity contribution in [2.45, 2.75) is 51.6 Å². The van der Waals surface area contributed by atoms with Crippen LogP contribution in [-0.2, 0) is 12.7 Å². The number of piperazine rings is 1. The number of amides is 1. The van der Waals surface area contributed by atoms with Crippen LogP contribution in [0.2, 0.25) is 0 Å². The number of hydrogen-bond donors (Lipinski definition) is 3. The zero-order valence-corrected chi connectivity index (χ0v) is 25.5. The number of alkyl halides is 3. The fourth-order valence-corrected chi connectivity index (χ4v) is 6.41. The smallest absolute Gasteiger partial charge is 0.345 e. The summed E-state index contributed by atoms with van der Waals surface area (Å²) in [6.45, 7) is 8.28. The average Bonchev–Trinajstić information content (AvgIpc) is 3.73. The maximum atomic E-state index is 14.1. The lowest BCUT2D eigenvalue weighted by Crippen LogP contribution is -2.45. The number of carbonyl (C=O) groups is 1. The maximum absolute atomic E-state index is 14.1. The lowest BCUT2D eigenvalue weighted by atomic mass is 10.0. The van der Waals surface area contributed by atoms with Crippen molar-refractivity contribution in [2.75, 3.05) is 43.4 Å². The summed E-state index contributed by atoms with van der Waals surface area (Å²) in [6.07, 6.45) is -0.579. The third-order valence-corrected chi connectivity index (χ3v) is 9.32. The number of aliphatic imine (C=N–C) groups is 1. The van der Waals surface area contributed by atoms with Crippen molar-refractivity contribution in [3.8, 4) is 11.8 Å². The molecule has 0 bridgehead atoms. The maximum Gasteiger partial charge on any atom is 0.416 e. The van der Waals surface area contributed by atoms with Crippen molar-refractivity contribution in [3.05, 3.63) is 80.0 Å². The van der Waals surface area contributed by atoms with Gasteiger partial charge in [-0.05, 0) is 61.7 Å². The van der Waals surface area contributed by atoms with Crippen LogP contribution in [0.3, 0.4) is 0 Å². The molecule has 0 radical (unpaired) electrons. The Morgan fingerprint density at radius 2 is 1.82 bits per heavy atom. The predicted molar refractivity (Wildman–Crippen MR) is 169 cm³/mol. The molecule has 1 amide bonds. The third kappa shape index (κ3) is 7.00. The molecule has 1 atom stereocenters. The van der Waals surface area contributed by atoms with E-state index in [1.54, 1.807) is 41.9 Å². The second kappa shape index (κ2) is 12.7. The molecule has 2 aromatic carbocycles. The molecule has 44 heavy (non-hydrogen) atoms. The zero-order valence-electron chi connectivity index (χ0n) is 24.7. The highest BCUT2D eigenvalue weighted by molar-refractivity contribution is 7.11. The summed E-state index contributed by atoms with van der Waals surface area (Å²) in [5.74, 6) is 5.92. The van der Waals surface area contributed by atoms with Gasteiger partial charge in [0.05, 0.1) is 28.0 Å². The first kappa shape index (κ1) is 30.3. The number of benzene rings is 2. The Hall–Kier alpha value is -3.69. The van der Waals surface area contributed by atoms with E-state index in [0.717, 1.165) is 60.5 Å². The topological polar surface area (TPSA) is 72.0 Å². The quantitative estimate of drug-likeness (QED) is 0.280. The fourth-order valence-electron chi connectivity index (χ4n) is 5.45. The Balaban J connectivity index is 1.17. The summed E-state index contributed by atoms with van der Waals surface area (Å²) in [5.41, 5.74) is 3.25. The van der Waals surface area contributed by atoms with Crippen molar-refractivity contribution < 1.29 is 18.0 Å². The van der Waals surface area contributed by atoms with Gasteiger partial charge in [-0.15, -0.1) is 11.3 Å². The normalized spacial score (nSPS) is 18.7. The van der Waals surface area contributed by atoms with E-state index < -0.39 is 17.6 Å². The Bertz CT molecular complexity index is 1630. The molecule has 3 aliphatic rings. The SMILES string of the molecule is CCN1CCN(Cc2ccc(NC(=O)c3ccc(C)c(C#Cc4csc5c4NC=NC5NC4CC4)c3)cc2C(F)(F)F)CC1. The molecule has 3 heterocycles. The number of fused-ring (bicyclic) bond motifs is 1. The van der Waals surface area contributed by atoms with Gasteiger partial charge in [0.15, 0.2) is 0 Å². The minimum absolute atomic E-state index is 0.0727. The van der Waals surface area contributed by atoms with E-state index in [-0.39, 0.29) is 24.0 Å². The van der Waals surface area contributed by atoms with Crippen LogP contribution in [-0.4, -0.2) is 60.8 Å². The van der Waals surface area contributed by atoms with Crippen LogP contribution in [0.1, 0.15) is 69.0 Å². The second-order valence-electron chi connectivity index (χ2n) is 11.5. The van der Waals surface area contributed by atoms with Crippen LogP contribution >= 0.6 is 11.3 Å². The van der Waals surface area contributed by atoms with Crippen LogP contribution in [0.5, 0.6) is 0 Å². The summed E-state index contributed by atoms with van der Waals surface area (Å²) in [6, 6.07) is 9.70. The number of thiophene rings is 1. The van der Waals surface area contributed by atoms with Crippen molar-refractivity contribution >= 4 is 35.0 Å². The van der Waals surface area contributed by atoms with Crippen molar-refractivity contribution in [3.63, 3.8) is 0 Å². The molecule has 1 aromatic heterocycles. The number of hydrogen-bond acceptors (Lipinski definition) is 7. The first-order chi connectivity index (χ1) is 21.2. The highest BCUT2D eigenvalue weighted by atomic mass is 32.1. The van der Waals surface area contributed by atoms with Gasteiger partial charge in [-0.2, -0.15) is 13.2 Å². The summed E-state index contributed by atoms with van der Waals surface area (Å²) in [5, 5.41) is 11.4. The van der Waals surface area contributed by atoms with Crippen LogP contribution in [0.4, 0.5) is 24.5 Å². The summed E-state index contributed by atoms with van der Waals surface area (Å²) in [7, 11) is 0. The van der Waals surface area contributed by atoms with Gasteiger partial charge in [0.2, 0.25) is 0 Å². The number of halogens is 3. The number of nitrogens with one attached hydrogen (secondary N) is 3. The molecule has 7 nitrogen and oxygen atoms in total. The van der Waals surface area contributed by atoms with Crippen LogP contribution in [0, 0.1) is 18.8 Å². The molecule has 1 saturated heterocycles. The minimum Gasteiger partial charge on any atom is -0.345 e. The van der Waals surface area contributed by atoms with E-state index in [0.29, 0.717) is 17.2 Å². The molecule has 6 rings (SSSR count). The van der Waals surface area contributed by atoms with Gasteiger partial charge in [-0.25, -0.2) is 0 Å². The van der Waals surface area contributed by atoms with E-state index in [1.165, 1.54) is 18.9 Å². The standard InChI is InChI=1S/C33H35F3N6OS/c1-3-41-12-14-42(15-13-41)18-24-8-9-27(17-28(24)33(34,35)36)40-32(43)23-5-4-21(2)22(16-23)6-7-25-19-44-30-29(25)37-20-38-31(30)39-26-10-11-26/h4-5,8-9,16-17,19-20,26,31,39H,3,10-15,18H2,1-2H3,(H,37,38)(H,40,43). The number of aryl methyl sites for hydroxylation is 1. The Labute approximate surface area is 259 Å². The highest BCUT2D eigenvalue weighted by Crippen LogP contribution is 2.38. The molecule has 2 aliphatic heterocycles. The molecule has 3 N–H and O–H groups in total. The number of likely N-dealkylation sites (N-methyl/N-ethyl adjacent to an activating group) is 1. The van der Waals surface area contributed by atoms with Gasteiger partial charge < -0.3 is 15.5 Å². The number of carbonyl (C=O) groups excluding carboxylic acids is 1. The first-order valence-corrected chi connectivity index (χ1v) is 15.8. The molecular formula is C33H35F3N6OS. The van der Waals surface area contributed by atoms with Crippen LogP contribution < -0.4 is 16.0 Å². The number of nitrogens with zero attached hydrogens (tertiary/aromatic N) is 3. The molecule has 2 fully saturated rings. The molecule has 1 aliphatic carbocycles. The van der Waals surface area contributed by atoms with Crippen molar-refractivity contribution in [2.24, 2.45) is 4.99 Å². The predicted octanol–water partition coefficient (Wildman–Crippen LogP) is 6.07. The Morgan fingerprint density at radius 3 is 2.55 bits per heavy atom. The first-order valence-electron chi connectivity index (χ1n) is 14.9.